The molecule has 0 saturated carbocycles. The van der Waals surface area contributed by atoms with E-state index < -0.39 is 23.6 Å². The third-order valence-electron chi connectivity index (χ3n) is 6.32. The minimum absolute atomic E-state index is 0.00542. The van der Waals surface area contributed by atoms with E-state index in [0.717, 1.165) is 11.1 Å². The van der Waals surface area contributed by atoms with Gasteiger partial charge in [-0.2, -0.15) is 0 Å². The molecule has 228 valence electrons. The van der Waals surface area contributed by atoms with Crippen molar-refractivity contribution in [2.24, 2.45) is 5.92 Å². The lowest BCUT2D eigenvalue weighted by molar-refractivity contribution is -0.139. The van der Waals surface area contributed by atoms with Crippen molar-refractivity contribution in [2.45, 2.75) is 39.3 Å². The summed E-state index contributed by atoms with van der Waals surface area (Å²) in [7, 11) is 3.03. The van der Waals surface area contributed by atoms with E-state index in [2.05, 4.69) is 10.6 Å². The number of methoxy groups -OCH3 is 2. The summed E-state index contributed by atoms with van der Waals surface area (Å²) in [5.74, 6) is -0.885. The number of ketones is 1. The Hall–Kier alpha value is -4.47. The molecule has 0 bridgehead atoms. The van der Waals surface area contributed by atoms with E-state index in [4.69, 9.17) is 18.9 Å². The Kier molecular flexibility index (Phi) is 13.4. The molecule has 3 aromatic carbocycles. The van der Waals surface area contributed by atoms with Gasteiger partial charge in [0.15, 0.2) is 25.1 Å². The van der Waals surface area contributed by atoms with Gasteiger partial charge in [-0.1, -0.05) is 80.6 Å². The zero-order valence-corrected chi connectivity index (χ0v) is 25.1. The topological polar surface area (TPSA) is 112 Å². The van der Waals surface area contributed by atoms with Crippen LogP contribution in [0.3, 0.4) is 0 Å². The van der Waals surface area contributed by atoms with E-state index in [1.165, 1.54) is 14.2 Å². The van der Waals surface area contributed by atoms with Crippen LogP contribution in [0.5, 0.6) is 11.5 Å². The summed E-state index contributed by atoms with van der Waals surface area (Å²) in [6.45, 7) is 4.24. The van der Waals surface area contributed by atoms with Crippen LogP contribution in [0, 0.1) is 5.92 Å². The van der Waals surface area contributed by atoms with Gasteiger partial charge in [0.2, 0.25) is 11.7 Å². The van der Waals surface area contributed by atoms with Gasteiger partial charge >= 0.3 is 0 Å². The van der Waals surface area contributed by atoms with Crippen molar-refractivity contribution in [3.63, 3.8) is 0 Å². The zero-order chi connectivity index (χ0) is 31.0. The molecule has 0 aromatic heterocycles. The summed E-state index contributed by atoms with van der Waals surface area (Å²) in [4.78, 5) is 40.0. The molecule has 1 atom stereocenters. The van der Waals surface area contributed by atoms with Crippen molar-refractivity contribution in [3.05, 3.63) is 101 Å². The van der Waals surface area contributed by atoms with Crippen molar-refractivity contribution in [2.75, 3.05) is 27.8 Å². The summed E-state index contributed by atoms with van der Waals surface area (Å²) in [6.07, 6.45) is 2.35. The van der Waals surface area contributed by atoms with Crippen LogP contribution in [-0.4, -0.2) is 51.4 Å². The average Bonchev–Trinajstić information content (AvgIpc) is 3.01. The van der Waals surface area contributed by atoms with Crippen LogP contribution in [-0.2, 0) is 36.8 Å². The van der Waals surface area contributed by atoms with E-state index in [-0.39, 0.29) is 32.5 Å². The predicted molar refractivity (Wildman–Crippen MR) is 164 cm³/mol. The van der Waals surface area contributed by atoms with Crippen LogP contribution >= 0.6 is 0 Å². The monoisotopic (exact) mass is 588 g/mol. The zero-order valence-electron chi connectivity index (χ0n) is 25.1. The standard InChI is InChI=1S/C34H40N2O7/c1-24(2)17-28(18-27-15-16-30(42-22-40-3)31(20-27)43-23-41-4)33(38)36-29(19-25-11-7-5-8-12-25)32(37)34(39)35-21-26-13-9-6-10-14-26/h5-16,18,20,24,29H,17,19,21-23H2,1-4H3,(H,35,39)(H,36,38)/b28-18+/t29-/m0/s1. The van der Waals surface area contributed by atoms with Gasteiger partial charge in [-0.3, -0.25) is 14.4 Å². The van der Waals surface area contributed by atoms with Crippen LogP contribution in [0.4, 0.5) is 0 Å². The number of amides is 2. The van der Waals surface area contributed by atoms with Gasteiger partial charge in [-0.05, 0) is 47.2 Å². The first kappa shape index (κ1) is 33.0. The Morgan fingerprint density at radius 2 is 1.37 bits per heavy atom. The molecule has 43 heavy (non-hydrogen) atoms. The largest absolute Gasteiger partial charge is 0.464 e. The molecule has 0 saturated heterocycles. The molecule has 9 heteroatoms. The molecule has 0 aliphatic rings. The Morgan fingerprint density at radius 3 is 1.98 bits per heavy atom. The maximum Gasteiger partial charge on any atom is 0.289 e. The molecular weight excluding hydrogens is 548 g/mol. The third kappa shape index (κ3) is 11.0. The minimum Gasteiger partial charge on any atom is -0.464 e. The molecule has 0 aliphatic carbocycles. The summed E-state index contributed by atoms with van der Waals surface area (Å²) in [5, 5.41) is 5.53. The molecule has 2 amide bonds. The highest BCUT2D eigenvalue weighted by molar-refractivity contribution is 6.38. The van der Waals surface area contributed by atoms with E-state index in [9.17, 15) is 14.4 Å². The highest BCUT2D eigenvalue weighted by atomic mass is 16.7. The molecule has 0 heterocycles. The van der Waals surface area contributed by atoms with Crippen molar-refractivity contribution >= 4 is 23.7 Å². The van der Waals surface area contributed by atoms with Crippen LogP contribution in [0.2, 0.25) is 0 Å². The van der Waals surface area contributed by atoms with Crippen LogP contribution < -0.4 is 20.1 Å². The normalized spacial score (nSPS) is 12.0. The summed E-state index contributed by atoms with van der Waals surface area (Å²) >= 11 is 0. The molecule has 0 aliphatic heterocycles. The van der Waals surface area contributed by atoms with Gasteiger partial charge in [-0.25, -0.2) is 0 Å². The maximum absolute atomic E-state index is 13.7. The van der Waals surface area contributed by atoms with Gasteiger partial charge < -0.3 is 29.6 Å². The highest BCUT2D eigenvalue weighted by Crippen LogP contribution is 2.30. The van der Waals surface area contributed by atoms with Gasteiger partial charge in [0, 0.05) is 32.8 Å². The van der Waals surface area contributed by atoms with Crippen molar-refractivity contribution in [3.8, 4) is 11.5 Å². The Bertz CT molecular complexity index is 1360. The first-order chi connectivity index (χ1) is 20.8. The Labute approximate surface area is 253 Å². The number of nitrogens with one attached hydrogen (secondary N) is 2. The average molecular weight is 589 g/mol. The number of hydrogen-bond donors (Lipinski definition) is 2. The molecule has 0 spiro atoms. The fourth-order valence-corrected chi connectivity index (χ4v) is 4.28. The summed E-state index contributed by atoms with van der Waals surface area (Å²) < 4.78 is 21.3. The number of hydrogen-bond acceptors (Lipinski definition) is 7. The molecule has 9 nitrogen and oxygen atoms in total. The lowest BCUT2D eigenvalue weighted by Gasteiger charge is -2.20. The number of carbonyl (C=O) groups excluding carboxylic acids is 3. The van der Waals surface area contributed by atoms with Crippen LogP contribution in [0.1, 0.15) is 37.0 Å². The second-order valence-corrected chi connectivity index (χ2v) is 10.3. The lowest BCUT2D eigenvalue weighted by atomic mass is 9.97. The highest BCUT2D eigenvalue weighted by Gasteiger charge is 2.28. The Balaban J connectivity index is 1.86. The minimum atomic E-state index is -1.06. The van der Waals surface area contributed by atoms with Gasteiger partial charge in [-0.15, -0.1) is 0 Å². The number of benzene rings is 3. The molecule has 3 aromatic rings. The fraction of sp³-hybridized carbons (Fsp3) is 0.324. The van der Waals surface area contributed by atoms with Crippen molar-refractivity contribution < 1.29 is 33.3 Å². The SMILES string of the molecule is COCOc1ccc(/C=C(\CC(C)C)C(=O)N[C@@H](Cc2ccccc2)C(=O)C(=O)NCc2ccccc2)cc1OCOC. The fourth-order valence-electron chi connectivity index (χ4n) is 4.28. The van der Waals surface area contributed by atoms with E-state index >= 15 is 0 Å². The molecule has 3 rings (SSSR count). The molecular formula is C34H40N2O7. The van der Waals surface area contributed by atoms with Gasteiger partial charge in [0.25, 0.3) is 5.91 Å². The molecule has 2 N–H and O–H groups in total. The summed E-state index contributed by atoms with van der Waals surface area (Å²) in [6, 6.07) is 22.8. The lowest BCUT2D eigenvalue weighted by Crippen LogP contribution is -2.49. The van der Waals surface area contributed by atoms with Crippen LogP contribution in [0.25, 0.3) is 6.08 Å². The number of carbonyl (C=O) groups is 3. The van der Waals surface area contributed by atoms with Gasteiger partial charge in [0.05, 0.1) is 0 Å². The first-order valence-corrected chi connectivity index (χ1v) is 14.1. The first-order valence-electron chi connectivity index (χ1n) is 14.1. The third-order valence-corrected chi connectivity index (χ3v) is 6.32. The molecule has 0 fully saturated rings. The Morgan fingerprint density at radius 1 is 0.767 bits per heavy atom. The van der Waals surface area contributed by atoms with E-state index in [0.29, 0.717) is 29.1 Å². The van der Waals surface area contributed by atoms with Crippen molar-refractivity contribution in [1.29, 1.82) is 0 Å². The van der Waals surface area contributed by atoms with Gasteiger partial charge in [0.1, 0.15) is 6.04 Å². The quantitative estimate of drug-likeness (QED) is 0.134. The van der Waals surface area contributed by atoms with Crippen LogP contribution in [0.15, 0.2) is 84.4 Å². The molecule has 0 radical (unpaired) electrons. The predicted octanol–water partition coefficient (Wildman–Crippen LogP) is 4.69. The number of Topliss-reactive ketones (excluding diaryl/α,β-unsaturated/α-hetero) is 1. The van der Waals surface area contributed by atoms with Crippen molar-refractivity contribution in [1.82, 2.24) is 10.6 Å². The van der Waals surface area contributed by atoms with E-state index in [1.54, 1.807) is 24.3 Å². The second kappa shape index (κ2) is 17.5. The molecule has 0 unspecified atom stereocenters. The van der Waals surface area contributed by atoms with E-state index in [1.807, 2.05) is 74.5 Å². The summed E-state index contributed by atoms with van der Waals surface area (Å²) in [5.41, 5.74) is 2.82. The maximum atomic E-state index is 13.7. The number of ether oxygens (including phenoxy) is 4. The number of rotatable bonds is 17. The second-order valence-electron chi connectivity index (χ2n) is 10.3. The smallest absolute Gasteiger partial charge is 0.289 e.